The summed E-state index contributed by atoms with van der Waals surface area (Å²) in [7, 11) is -1.79. The molecule has 0 spiro atoms. The average Bonchev–Trinajstić information content (AvgIpc) is 3.14. The van der Waals surface area contributed by atoms with Crippen LogP contribution in [-0.4, -0.2) is 62.6 Å². The summed E-state index contributed by atoms with van der Waals surface area (Å²) in [6.07, 6.45) is 12.6. The SMILES string of the molecule is CCCCCCCCCCCCn1c(C(=Nc2ccc(N(CC)CCNS(C)(=O)=O)cc2C)C(=O)Nc2ccccc2OC)nc2ccc(Cl)cc2c1=O. The molecule has 1 aromatic heterocycles. The maximum Gasteiger partial charge on any atom is 0.278 e. The van der Waals surface area contributed by atoms with Crippen molar-refractivity contribution in [2.24, 2.45) is 4.99 Å². The average molecular weight is 779 g/mol. The lowest BCUT2D eigenvalue weighted by Crippen LogP contribution is -2.34. The first-order valence-corrected chi connectivity index (χ1v) is 21.3. The number of likely N-dealkylation sites (N-methyl/N-ethyl adjacent to an activating group) is 1. The Morgan fingerprint density at radius 2 is 1.63 bits per heavy atom. The van der Waals surface area contributed by atoms with E-state index in [4.69, 9.17) is 26.3 Å². The maximum absolute atomic E-state index is 14.4. The number of aliphatic imine (C=N–C) groups is 1. The monoisotopic (exact) mass is 778 g/mol. The molecule has 292 valence electrons. The van der Waals surface area contributed by atoms with Gasteiger partial charge < -0.3 is 15.0 Å². The van der Waals surface area contributed by atoms with Gasteiger partial charge in [-0.05, 0) is 74.4 Å². The Bertz CT molecular complexity index is 2070. The highest BCUT2D eigenvalue weighted by molar-refractivity contribution is 7.88. The van der Waals surface area contributed by atoms with Gasteiger partial charge in [-0.15, -0.1) is 0 Å². The number of nitrogens with one attached hydrogen (secondary N) is 2. The minimum absolute atomic E-state index is 0.0255. The number of methoxy groups -OCH3 is 1. The van der Waals surface area contributed by atoms with Crippen molar-refractivity contribution in [3.05, 3.63) is 87.4 Å². The predicted octanol–water partition coefficient (Wildman–Crippen LogP) is 8.42. The van der Waals surface area contributed by atoms with E-state index in [2.05, 4.69) is 17.0 Å². The Morgan fingerprint density at radius 1 is 0.944 bits per heavy atom. The maximum atomic E-state index is 14.4. The third kappa shape index (κ3) is 12.4. The lowest BCUT2D eigenvalue weighted by molar-refractivity contribution is -0.110. The second kappa shape index (κ2) is 21.0. The number of rotatable bonds is 22. The molecule has 0 aliphatic rings. The molecule has 4 rings (SSSR count). The number of halogens is 1. The normalized spacial score (nSPS) is 11.9. The summed E-state index contributed by atoms with van der Waals surface area (Å²) in [4.78, 5) is 40.5. The van der Waals surface area contributed by atoms with Gasteiger partial charge in [-0.25, -0.2) is 23.1 Å². The second-order valence-electron chi connectivity index (χ2n) is 13.6. The smallest absolute Gasteiger partial charge is 0.278 e. The summed E-state index contributed by atoms with van der Waals surface area (Å²) in [5.41, 5.74) is 2.71. The van der Waals surface area contributed by atoms with E-state index in [0.717, 1.165) is 43.2 Å². The molecule has 0 radical (unpaired) electrons. The highest BCUT2D eigenvalue weighted by Gasteiger charge is 2.24. The zero-order chi connectivity index (χ0) is 39.1. The highest BCUT2D eigenvalue weighted by Crippen LogP contribution is 2.28. The number of nitrogens with zero attached hydrogens (tertiary/aromatic N) is 4. The van der Waals surface area contributed by atoms with Crippen LogP contribution in [0, 0.1) is 6.92 Å². The number of anilines is 2. The van der Waals surface area contributed by atoms with Crippen LogP contribution in [0.1, 0.15) is 89.4 Å². The van der Waals surface area contributed by atoms with E-state index >= 15 is 0 Å². The molecule has 0 bridgehead atoms. The fourth-order valence-electron chi connectivity index (χ4n) is 6.39. The molecule has 4 aromatic rings. The number of carbonyl (C=O) groups excluding carboxylic acids is 1. The molecule has 1 amide bonds. The number of aromatic nitrogens is 2. The first kappa shape index (κ1) is 42.5. The Kier molecular flexibility index (Phi) is 16.5. The van der Waals surface area contributed by atoms with E-state index in [1.54, 1.807) is 41.0 Å². The molecule has 0 aliphatic heterocycles. The van der Waals surface area contributed by atoms with Gasteiger partial charge >= 0.3 is 0 Å². The molecule has 3 aromatic carbocycles. The molecular formula is C41H55ClN6O5S. The van der Waals surface area contributed by atoms with Crippen LogP contribution in [0.15, 0.2) is 70.5 Å². The van der Waals surface area contributed by atoms with Gasteiger partial charge in [0.2, 0.25) is 10.0 Å². The van der Waals surface area contributed by atoms with Crippen LogP contribution in [0.3, 0.4) is 0 Å². The number of aryl methyl sites for hydroxylation is 1. The third-order valence-electron chi connectivity index (χ3n) is 9.34. The van der Waals surface area contributed by atoms with Gasteiger partial charge in [-0.2, -0.15) is 0 Å². The van der Waals surface area contributed by atoms with Crippen molar-refractivity contribution in [3.8, 4) is 5.75 Å². The Labute approximate surface area is 325 Å². The highest BCUT2D eigenvalue weighted by atomic mass is 35.5. The number of fused-ring (bicyclic) bond motifs is 1. The van der Waals surface area contributed by atoms with Crippen LogP contribution in [0.2, 0.25) is 5.02 Å². The fraction of sp³-hybridized carbons (Fsp3) is 0.463. The summed E-state index contributed by atoms with van der Waals surface area (Å²) < 4.78 is 32.9. The van der Waals surface area contributed by atoms with Gasteiger partial charge in [0.1, 0.15) is 5.75 Å². The van der Waals surface area contributed by atoms with Gasteiger partial charge in [0.05, 0.1) is 35.6 Å². The summed E-state index contributed by atoms with van der Waals surface area (Å²) in [6, 6.07) is 17.7. The van der Waals surface area contributed by atoms with Crippen molar-refractivity contribution in [2.75, 3.05) is 43.2 Å². The number of hydrogen-bond acceptors (Lipinski definition) is 8. The van der Waals surface area contributed by atoms with Gasteiger partial charge in [-0.3, -0.25) is 14.2 Å². The minimum Gasteiger partial charge on any atom is -0.495 e. The Morgan fingerprint density at radius 3 is 2.28 bits per heavy atom. The molecule has 0 aliphatic carbocycles. The van der Waals surface area contributed by atoms with E-state index in [1.165, 1.54) is 45.6 Å². The second-order valence-corrected chi connectivity index (χ2v) is 15.8. The van der Waals surface area contributed by atoms with E-state index in [0.29, 0.717) is 52.7 Å². The molecule has 0 fully saturated rings. The molecule has 54 heavy (non-hydrogen) atoms. The molecule has 2 N–H and O–H groups in total. The van der Waals surface area contributed by atoms with Crippen molar-refractivity contribution < 1.29 is 17.9 Å². The fourth-order valence-corrected chi connectivity index (χ4v) is 7.02. The standard InChI is InChI=1S/C41H55ClN6O5S/c1-6-8-9-10-11-12-13-14-15-18-26-48-39(45-35-23-21-31(42)29-33(35)41(48)50)38(40(49)46-36-19-16-17-20-37(36)53-4)44-34-24-22-32(28-30(34)3)47(7-2)27-25-43-54(5,51)52/h16-17,19-24,28-29,43H,6-15,18,25-27H2,1-5H3,(H,46,49). The van der Waals surface area contributed by atoms with Crippen molar-refractivity contribution in [1.82, 2.24) is 14.3 Å². The van der Waals surface area contributed by atoms with Gasteiger partial charge in [0.15, 0.2) is 11.5 Å². The van der Waals surface area contributed by atoms with Crippen molar-refractivity contribution >= 4 is 61.2 Å². The van der Waals surface area contributed by atoms with Crippen LogP contribution in [0.5, 0.6) is 5.75 Å². The number of hydrogen-bond donors (Lipinski definition) is 2. The zero-order valence-corrected chi connectivity index (χ0v) is 33.9. The lowest BCUT2D eigenvalue weighted by atomic mass is 10.1. The largest absolute Gasteiger partial charge is 0.495 e. The summed E-state index contributed by atoms with van der Waals surface area (Å²) in [6.45, 7) is 7.84. The van der Waals surface area contributed by atoms with E-state index in [1.807, 2.05) is 43.0 Å². The van der Waals surface area contributed by atoms with Crippen LogP contribution < -0.4 is 25.2 Å². The molecule has 0 saturated carbocycles. The summed E-state index contributed by atoms with van der Waals surface area (Å²) >= 11 is 6.34. The van der Waals surface area contributed by atoms with Crippen LogP contribution in [-0.2, 0) is 21.4 Å². The van der Waals surface area contributed by atoms with Gasteiger partial charge in [0.25, 0.3) is 11.5 Å². The first-order chi connectivity index (χ1) is 25.9. The van der Waals surface area contributed by atoms with Crippen LogP contribution in [0.4, 0.5) is 17.1 Å². The number of ether oxygens (including phenoxy) is 1. The number of amides is 1. The molecule has 0 saturated heterocycles. The molecule has 1 heterocycles. The van der Waals surface area contributed by atoms with Crippen LogP contribution in [0.25, 0.3) is 10.9 Å². The molecule has 11 nitrogen and oxygen atoms in total. The Hall–Kier alpha value is -4.26. The van der Waals surface area contributed by atoms with E-state index in [-0.39, 0.29) is 23.6 Å². The van der Waals surface area contributed by atoms with E-state index < -0.39 is 15.9 Å². The lowest BCUT2D eigenvalue weighted by Gasteiger charge is -2.24. The predicted molar refractivity (Wildman–Crippen MR) is 223 cm³/mol. The van der Waals surface area contributed by atoms with Gasteiger partial charge in [-0.1, -0.05) is 88.4 Å². The molecule has 0 atom stereocenters. The van der Waals surface area contributed by atoms with Crippen molar-refractivity contribution in [2.45, 2.75) is 91.5 Å². The number of unbranched alkanes of at least 4 members (excludes halogenated alkanes) is 9. The van der Waals surface area contributed by atoms with Crippen molar-refractivity contribution in [3.63, 3.8) is 0 Å². The zero-order valence-electron chi connectivity index (χ0n) is 32.3. The summed E-state index contributed by atoms with van der Waals surface area (Å²) in [5, 5.41) is 3.74. The third-order valence-corrected chi connectivity index (χ3v) is 10.3. The molecular weight excluding hydrogens is 724 g/mol. The van der Waals surface area contributed by atoms with Gasteiger partial charge in [0, 0.05) is 36.9 Å². The quantitative estimate of drug-likeness (QED) is 0.0604. The molecule has 13 heteroatoms. The van der Waals surface area contributed by atoms with E-state index in [9.17, 15) is 18.0 Å². The van der Waals surface area contributed by atoms with Crippen LogP contribution >= 0.6 is 11.6 Å². The molecule has 0 unspecified atom stereocenters. The number of carbonyl (C=O) groups is 1. The minimum atomic E-state index is -3.32. The summed E-state index contributed by atoms with van der Waals surface area (Å²) in [5.74, 6) is 0.0744. The first-order valence-electron chi connectivity index (χ1n) is 19.0. The van der Waals surface area contributed by atoms with Crippen molar-refractivity contribution in [1.29, 1.82) is 0 Å². The topological polar surface area (TPSA) is 135 Å². The number of benzene rings is 3. The Balaban J connectivity index is 1.73. The number of para-hydroxylation sites is 2. The number of sulfonamides is 1.